The lowest BCUT2D eigenvalue weighted by molar-refractivity contribution is 0.984. The fourth-order valence-corrected chi connectivity index (χ4v) is 2.46. The van der Waals surface area contributed by atoms with E-state index in [0.29, 0.717) is 0 Å². The third kappa shape index (κ3) is 0.587. The predicted molar refractivity (Wildman–Crippen MR) is 56.4 cm³/mol. The summed E-state index contributed by atoms with van der Waals surface area (Å²) in [6, 6.07) is 10.8. The molecular formula is C12H8N2. The van der Waals surface area contributed by atoms with E-state index in [-0.39, 0.29) is 0 Å². The Morgan fingerprint density at radius 3 is 3.14 bits per heavy atom. The van der Waals surface area contributed by atoms with Crippen LogP contribution in [0.4, 0.5) is 0 Å². The number of aromatic amines is 1. The Hall–Kier alpha value is -1.83. The molecule has 1 aromatic heterocycles. The van der Waals surface area contributed by atoms with Crippen molar-refractivity contribution in [3.8, 4) is 0 Å². The van der Waals surface area contributed by atoms with Gasteiger partial charge in [-0.15, -0.1) is 0 Å². The molecule has 0 fully saturated rings. The third-order valence-corrected chi connectivity index (χ3v) is 3.07. The summed E-state index contributed by atoms with van der Waals surface area (Å²) in [6.07, 6.45) is 1.03. The van der Waals surface area contributed by atoms with Gasteiger partial charge >= 0.3 is 0 Å². The molecule has 66 valence electrons. The first kappa shape index (κ1) is 6.60. The summed E-state index contributed by atoms with van der Waals surface area (Å²) in [4.78, 5) is 0. The number of fused-ring (bicyclic) bond motifs is 1. The second-order valence-electron chi connectivity index (χ2n) is 3.86. The van der Waals surface area contributed by atoms with E-state index in [9.17, 15) is 0 Å². The van der Waals surface area contributed by atoms with E-state index in [0.717, 1.165) is 6.42 Å². The molecule has 4 rings (SSSR count). The third-order valence-electron chi connectivity index (χ3n) is 3.07. The number of hydrogen-bond donors (Lipinski definition) is 1. The molecule has 14 heavy (non-hydrogen) atoms. The van der Waals surface area contributed by atoms with Crippen molar-refractivity contribution in [2.45, 2.75) is 6.42 Å². The van der Waals surface area contributed by atoms with Crippen LogP contribution in [0.25, 0.3) is 21.7 Å². The minimum absolute atomic E-state index is 1.03. The van der Waals surface area contributed by atoms with Crippen molar-refractivity contribution in [1.29, 1.82) is 0 Å². The SMILES string of the molecule is c1ccc2c(c1)cc1c3n[nH]c(c32)C1. The van der Waals surface area contributed by atoms with Crippen LogP contribution in [0.5, 0.6) is 0 Å². The van der Waals surface area contributed by atoms with Gasteiger partial charge in [-0.1, -0.05) is 24.3 Å². The van der Waals surface area contributed by atoms with E-state index in [4.69, 9.17) is 0 Å². The molecule has 2 aromatic carbocycles. The van der Waals surface area contributed by atoms with Gasteiger partial charge in [-0.25, -0.2) is 0 Å². The minimum atomic E-state index is 1.03. The van der Waals surface area contributed by atoms with E-state index in [1.807, 2.05) is 0 Å². The van der Waals surface area contributed by atoms with Gasteiger partial charge in [0.25, 0.3) is 0 Å². The smallest absolute Gasteiger partial charge is 0.0966 e. The van der Waals surface area contributed by atoms with E-state index < -0.39 is 0 Å². The summed E-state index contributed by atoms with van der Waals surface area (Å²) in [5.74, 6) is 0. The molecule has 0 atom stereocenters. The van der Waals surface area contributed by atoms with E-state index in [1.165, 1.54) is 32.9 Å². The highest BCUT2D eigenvalue weighted by Gasteiger charge is 2.20. The maximum absolute atomic E-state index is 4.31. The van der Waals surface area contributed by atoms with Crippen LogP contribution in [-0.2, 0) is 6.42 Å². The van der Waals surface area contributed by atoms with Crippen LogP contribution in [0.1, 0.15) is 11.3 Å². The molecule has 0 unspecified atom stereocenters. The normalized spacial score (nSPS) is 13.4. The predicted octanol–water partition coefficient (Wildman–Crippen LogP) is 2.62. The quantitative estimate of drug-likeness (QED) is 0.442. The number of nitrogens with zero attached hydrogens (tertiary/aromatic N) is 1. The largest absolute Gasteiger partial charge is 0.281 e. The molecule has 0 amide bonds. The Morgan fingerprint density at radius 1 is 1.21 bits per heavy atom. The first-order valence-corrected chi connectivity index (χ1v) is 4.81. The van der Waals surface area contributed by atoms with Gasteiger partial charge in [-0.3, -0.25) is 5.10 Å². The Kier molecular flexibility index (Phi) is 0.932. The number of rotatable bonds is 0. The van der Waals surface area contributed by atoms with Crippen molar-refractivity contribution in [3.05, 3.63) is 41.6 Å². The van der Waals surface area contributed by atoms with E-state index in [2.05, 4.69) is 40.5 Å². The van der Waals surface area contributed by atoms with Crippen LogP contribution in [-0.4, -0.2) is 10.2 Å². The highest BCUT2D eigenvalue weighted by molar-refractivity contribution is 6.11. The Labute approximate surface area is 80.6 Å². The van der Waals surface area contributed by atoms with Crippen molar-refractivity contribution in [2.24, 2.45) is 0 Å². The Bertz CT molecular complexity index is 664. The number of hydrogen-bond acceptors (Lipinski definition) is 1. The molecule has 0 saturated heterocycles. The van der Waals surface area contributed by atoms with Gasteiger partial charge in [0.15, 0.2) is 0 Å². The van der Waals surface area contributed by atoms with Gasteiger partial charge in [-0.2, -0.15) is 5.10 Å². The Morgan fingerprint density at radius 2 is 2.14 bits per heavy atom. The van der Waals surface area contributed by atoms with Crippen molar-refractivity contribution >= 4 is 21.7 Å². The summed E-state index contributed by atoms with van der Waals surface area (Å²) in [5, 5.41) is 11.4. The topological polar surface area (TPSA) is 28.7 Å². The van der Waals surface area contributed by atoms with Crippen molar-refractivity contribution in [1.82, 2.24) is 10.2 Å². The fraction of sp³-hybridized carbons (Fsp3) is 0.0833. The van der Waals surface area contributed by atoms with Gasteiger partial charge in [-0.05, 0) is 22.4 Å². The fourth-order valence-electron chi connectivity index (χ4n) is 2.46. The molecular weight excluding hydrogens is 172 g/mol. The van der Waals surface area contributed by atoms with Crippen molar-refractivity contribution in [2.75, 3.05) is 0 Å². The van der Waals surface area contributed by atoms with Crippen molar-refractivity contribution in [3.63, 3.8) is 0 Å². The first-order chi connectivity index (χ1) is 6.93. The molecule has 1 heterocycles. The highest BCUT2D eigenvalue weighted by atomic mass is 15.1. The minimum Gasteiger partial charge on any atom is -0.281 e. The maximum Gasteiger partial charge on any atom is 0.0966 e. The molecule has 0 aliphatic heterocycles. The number of H-pyrrole nitrogens is 1. The number of aromatic nitrogens is 2. The zero-order valence-electron chi connectivity index (χ0n) is 7.54. The first-order valence-electron chi connectivity index (χ1n) is 4.81. The van der Waals surface area contributed by atoms with Crippen molar-refractivity contribution < 1.29 is 0 Å². The average molecular weight is 180 g/mol. The van der Waals surface area contributed by atoms with Gasteiger partial charge in [0.1, 0.15) is 0 Å². The van der Waals surface area contributed by atoms with Crippen LogP contribution in [0.3, 0.4) is 0 Å². The standard InChI is InChI=1S/C12H8N2/c1-2-4-9-7(3-1)5-8-6-10-11(9)12(8)14-13-10/h1-5H,6H2,(H,13,14). The van der Waals surface area contributed by atoms with Gasteiger partial charge in [0.2, 0.25) is 0 Å². The molecule has 3 aromatic rings. The lowest BCUT2D eigenvalue weighted by Crippen LogP contribution is -1.88. The van der Waals surface area contributed by atoms with Crippen LogP contribution < -0.4 is 0 Å². The molecule has 1 aliphatic rings. The van der Waals surface area contributed by atoms with Crippen LogP contribution in [0.15, 0.2) is 30.3 Å². The van der Waals surface area contributed by atoms with Gasteiger partial charge in [0.05, 0.1) is 5.52 Å². The van der Waals surface area contributed by atoms with E-state index >= 15 is 0 Å². The molecule has 2 nitrogen and oxygen atoms in total. The van der Waals surface area contributed by atoms with E-state index in [1.54, 1.807) is 0 Å². The molecule has 0 radical (unpaired) electrons. The zero-order chi connectivity index (χ0) is 9.12. The number of benzene rings is 2. The zero-order valence-corrected chi connectivity index (χ0v) is 7.54. The van der Waals surface area contributed by atoms with Gasteiger partial charge < -0.3 is 0 Å². The van der Waals surface area contributed by atoms with Gasteiger partial charge in [0, 0.05) is 17.5 Å². The summed E-state index contributed by atoms with van der Waals surface area (Å²) >= 11 is 0. The molecule has 4 bridgehead atoms. The summed E-state index contributed by atoms with van der Waals surface area (Å²) in [5.41, 5.74) is 3.81. The molecule has 1 aliphatic carbocycles. The lowest BCUT2D eigenvalue weighted by Gasteiger charge is -1.98. The lowest BCUT2D eigenvalue weighted by atomic mass is 10.1. The van der Waals surface area contributed by atoms with Crippen LogP contribution >= 0.6 is 0 Å². The molecule has 0 saturated carbocycles. The van der Waals surface area contributed by atoms with Crippen LogP contribution in [0, 0.1) is 0 Å². The summed E-state index contributed by atoms with van der Waals surface area (Å²) in [6.45, 7) is 0. The second kappa shape index (κ2) is 1.98. The maximum atomic E-state index is 4.31. The monoisotopic (exact) mass is 180 g/mol. The summed E-state index contributed by atoms with van der Waals surface area (Å²) < 4.78 is 0. The average Bonchev–Trinajstić information content (AvgIpc) is 2.73. The summed E-state index contributed by atoms with van der Waals surface area (Å²) in [7, 11) is 0. The molecule has 2 heteroatoms. The number of nitrogens with one attached hydrogen (secondary N) is 1. The second-order valence-corrected chi connectivity index (χ2v) is 3.86. The molecule has 1 N–H and O–H groups in total. The van der Waals surface area contributed by atoms with Crippen LogP contribution in [0.2, 0.25) is 0 Å². The molecule has 0 spiro atoms. The highest BCUT2D eigenvalue weighted by Crippen LogP contribution is 2.36. The Balaban J connectivity index is 2.44.